The van der Waals surface area contributed by atoms with Gasteiger partial charge in [0.1, 0.15) is 0 Å². The Kier molecular flexibility index (Phi) is 5.09. The fourth-order valence-corrected chi connectivity index (χ4v) is 3.27. The van der Waals surface area contributed by atoms with Crippen molar-refractivity contribution in [3.05, 3.63) is 117 Å². The van der Waals surface area contributed by atoms with Gasteiger partial charge in [0.2, 0.25) is 0 Å². The van der Waals surface area contributed by atoms with Gasteiger partial charge in [-0.2, -0.15) is 0 Å². The van der Waals surface area contributed by atoms with Crippen molar-refractivity contribution in [2.24, 2.45) is 0 Å². The summed E-state index contributed by atoms with van der Waals surface area (Å²) in [6.45, 7) is 0.332. The zero-order valence-electron chi connectivity index (χ0n) is 15.8. The predicted molar refractivity (Wildman–Crippen MR) is 115 cm³/mol. The zero-order valence-corrected chi connectivity index (χ0v) is 15.8. The predicted octanol–water partition coefficient (Wildman–Crippen LogP) is 4.21. The fourth-order valence-electron chi connectivity index (χ4n) is 3.27. The van der Waals surface area contributed by atoms with Crippen LogP contribution < -0.4 is 10.9 Å². The average molecular weight is 399 g/mol. The quantitative estimate of drug-likeness (QED) is 0.402. The van der Waals surface area contributed by atoms with Gasteiger partial charge in [0, 0.05) is 30.1 Å². The topological polar surface area (TPSA) is 94.2 Å². The third kappa shape index (κ3) is 3.95. The number of carbonyl (C=O) groups excluding carboxylic acids is 1. The Morgan fingerprint density at radius 3 is 2.43 bits per heavy atom. The van der Waals surface area contributed by atoms with E-state index in [4.69, 9.17) is 0 Å². The minimum Gasteiger partial charge on any atom is -0.322 e. The van der Waals surface area contributed by atoms with E-state index in [-0.39, 0.29) is 11.2 Å². The largest absolute Gasteiger partial charge is 0.322 e. The first kappa shape index (κ1) is 19.1. The summed E-state index contributed by atoms with van der Waals surface area (Å²) >= 11 is 0. The number of anilines is 1. The summed E-state index contributed by atoms with van der Waals surface area (Å²) in [5.41, 5.74) is 1.44. The summed E-state index contributed by atoms with van der Waals surface area (Å²) in [6, 6.07) is 22.2. The first-order valence-corrected chi connectivity index (χ1v) is 9.24. The van der Waals surface area contributed by atoms with E-state index in [1.807, 2.05) is 42.5 Å². The maximum atomic E-state index is 12.6. The van der Waals surface area contributed by atoms with Crippen LogP contribution in [0.15, 0.2) is 89.9 Å². The molecule has 0 aliphatic rings. The fraction of sp³-hybridized carbons (Fsp3) is 0.0435. The second kappa shape index (κ2) is 8.00. The number of fused-ring (bicyclic) bond motifs is 1. The van der Waals surface area contributed by atoms with E-state index in [9.17, 15) is 19.7 Å². The Balaban J connectivity index is 1.59. The summed E-state index contributed by atoms with van der Waals surface area (Å²) in [5.74, 6) is -0.407. The molecule has 0 bridgehead atoms. The molecule has 0 aliphatic carbocycles. The molecule has 0 saturated carbocycles. The first-order chi connectivity index (χ1) is 14.5. The van der Waals surface area contributed by atoms with Crippen molar-refractivity contribution in [3.8, 4) is 0 Å². The Hall–Kier alpha value is -4.26. The monoisotopic (exact) mass is 399 g/mol. The summed E-state index contributed by atoms with van der Waals surface area (Å²) < 4.78 is 1.49. The van der Waals surface area contributed by atoms with E-state index in [1.54, 1.807) is 0 Å². The number of rotatable bonds is 5. The molecule has 3 aromatic carbocycles. The van der Waals surface area contributed by atoms with Crippen molar-refractivity contribution >= 4 is 28.1 Å². The van der Waals surface area contributed by atoms with Crippen LogP contribution in [-0.2, 0) is 6.54 Å². The molecule has 1 aromatic heterocycles. The van der Waals surface area contributed by atoms with E-state index >= 15 is 0 Å². The van der Waals surface area contributed by atoms with Crippen LogP contribution in [0.4, 0.5) is 11.4 Å². The number of hydrogen-bond donors (Lipinski definition) is 1. The lowest BCUT2D eigenvalue weighted by Crippen LogP contribution is -2.22. The molecule has 30 heavy (non-hydrogen) atoms. The molecule has 0 unspecified atom stereocenters. The molecule has 4 aromatic rings. The van der Waals surface area contributed by atoms with Crippen molar-refractivity contribution in [2.75, 3.05) is 5.32 Å². The Morgan fingerprint density at radius 2 is 1.67 bits per heavy atom. The van der Waals surface area contributed by atoms with Crippen LogP contribution in [0.25, 0.3) is 10.8 Å². The number of nitro benzene ring substituents is 1. The van der Waals surface area contributed by atoms with Gasteiger partial charge in [-0.3, -0.25) is 19.7 Å². The van der Waals surface area contributed by atoms with Crippen molar-refractivity contribution in [2.45, 2.75) is 6.54 Å². The molecule has 0 radical (unpaired) electrons. The van der Waals surface area contributed by atoms with Gasteiger partial charge in [0.25, 0.3) is 17.2 Å². The maximum absolute atomic E-state index is 12.6. The van der Waals surface area contributed by atoms with Crippen LogP contribution in [0.5, 0.6) is 0 Å². The smallest absolute Gasteiger partial charge is 0.269 e. The molecule has 148 valence electrons. The minimum absolute atomic E-state index is 0.0587. The lowest BCUT2D eigenvalue weighted by atomic mass is 10.0. The molecular weight excluding hydrogens is 382 g/mol. The Morgan fingerprint density at radius 1 is 0.933 bits per heavy atom. The molecule has 1 heterocycles. The van der Waals surface area contributed by atoms with Crippen LogP contribution in [0.1, 0.15) is 15.9 Å². The third-order valence-corrected chi connectivity index (χ3v) is 4.80. The highest BCUT2D eigenvalue weighted by Gasteiger charge is 2.11. The maximum Gasteiger partial charge on any atom is 0.269 e. The highest BCUT2D eigenvalue weighted by atomic mass is 16.6. The molecule has 0 atom stereocenters. The van der Waals surface area contributed by atoms with Gasteiger partial charge in [-0.1, -0.05) is 42.5 Å². The van der Waals surface area contributed by atoms with Crippen molar-refractivity contribution in [3.63, 3.8) is 0 Å². The Labute approximate surface area is 171 Å². The number of hydrogen-bond acceptors (Lipinski definition) is 4. The van der Waals surface area contributed by atoms with E-state index in [0.29, 0.717) is 17.8 Å². The second-order valence-electron chi connectivity index (χ2n) is 6.78. The van der Waals surface area contributed by atoms with Crippen molar-refractivity contribution in [1.29, 1.82) is 0 Å². The molecule has 4 rings (SSSR count). The van der Waals surface area contributed by atoms with Crippen molar-refractivity contribution in [1.82, 2.24) is 4.57 Å². The number of pyridine rings is 1. The van der Waals surface area contributed by atoms with Gasteiger partial charge in [-0.25, -0.2) is 0 Å². The molecule has 0 aliphatic heterocycles. The van der Waals surface area contributed by atoms with Gasteiger partial charge < -0.3 is 9.88 Å². The number of benzene rings is 3. The number of nitrogens with one attached hydrogen (secondary N) is 1. The summed E-state index contributed by atoms with van der Waals surface area (Å²) in [4.78, 5) is 35.2. The normalized spacial score (nSPS) is 10.7. The van der Waals surface area contributed by atoms with Crippen LogP contribution in [0, 0.1) is 10.1 Å². The standard InChI is InChI=1S/C23H17N3O4/c27-22-13-8-18(23(28)24-19-9-11-20(12-10-19)26(29)30)15-25(22)14-17-6-3-5-16-4-1-2-7-21(16)17/h1-13,15H,14H2,(H,24,28). The highest BCUT2D eigenvalue weighted by Crippen LogP contribution is 2.19. The summed E-state index contributed by atoms with van der Waals surface area (Å²) in [7, 11) is 0. The van der Waals surface area contributed by atoms with Gasteiger partial charge in [0.05, 0.1) is 17.0 Å². The molecule has 1 N–H and O–H groups in total. The SMILES string of the molecule is O=C(Nc1ccc([N+](=O)[O-])cc1)c1ccc(=O)n(Cc2cccc3ccccc23)c1. The number of nitro groups is 1. The van der Waals surface area contributed by atoms with Crippen molar-refractivity contribution < 1.29 is 9.72 Å². The van der Waals surface area contributed by atoms with E-state index in [2.05, 4.69) is 5.32 Å². The van der Waals surface area contributed by atoms with Crippen LogP contribution in [0.2, 0.25) is 0 Å². The minimum atomic E-state index is -0.505. The zero-order chi connectivity index (χ0) is 21.1. The van der Waals surface area contributed by atoms with E-state index < -0.39 is 10.8 Å². The second-order valence-corrected chi connectivity index (χ2v) is 6.78. The van der Waals surface area contributed by atoms with Gasteiger partial charge in [-0.05, 0) is 34.5 Å². The third-order valence-electron chi connectivity index (χ3n) is 4.80. The number of carbonyl (C=O) groups is 1. The molecule has 1 amide bonds. The molecule has 0 fully saturated rings. The summed E-state index contributed by atoms with van der Waals surface area (Å²) in [6.07, 6.45) is 1.52. The van der Waals surface area contributed by atoms with E-state index in [0.717, 1.165) is 16.3 Å². The number of non-ortho nitro benzene ring substituents is 1. The summed E-state index contributed by atoms with van der Waals surface area (Å²) in [5, 5.41) is 15.6. The van der Waals surface area contributed by atoms with Gasteiger partial charge >= 0.3 is 0 Å². The van der Waals surface area contributed by atoms with Crippen LogP contribution in [0.3, 0.4) is 0 Å². The van der Waals surface area contributed by atoms with E-state index in [1.165, 1.54) is 47.2 Å². The number of amides is 1. The Bertz CT molecular complexity index is 1300. The van der Waals surface area contributed by atoms with Gasteiger partial charge in [0.15, 0.2) is 0 Å². The molecule has 0 saturated heterocycles. The molecule has 7 nitrogen and oxygen atoms in total. The number of aromatic nitrogens is 1. The van der Waals surface area contributed by atoms with Crippen LogP contribution in [-0.4, -0.2) is 15.4 Å². The number of nitrogens with zero attached hydrogens (tertiary/aromatic N) is 2. The molecular formula is C23H17N3O4. The molecule has 7 heteroatoms. The lowest BCUT2D eigenvalue weighted by molar-refractivity contribution is -0.384. The first-order valence-electron chi connectivity index (χ1n) is 9.24. The lowest BCUT2D eigenvalue weighted by Gasteiger charge is -2.11. The van der Waals surface area contributed by atoms with Gasteiger partial charge in [-0.15, -0.1) is 0 Å². The molecule has 0 spiro atoms. The highest BCUT2D eigenvalue weighted by molar-refractivity contribution is 6.04. The average Bonchev–Trinajstić information content (AvgIpc) is 2.76. The van der Waals surface area contributed by atoms with Crippen LogP contribution >= 0.6 is 0 Å².